The molecule has 1 heterocycles. The molecule has 0 amide bonds. The Hall–Kier alpha value is -1.01. The van der Waals surface area contributed by atoms with Crippen molar-refractivity contribution in [2.75, 3.05) is 0 Å². The van der Waals surface area contributed by atoms with E-state index in [-0.39, 0.29) is 6.54 Å². The molecule has 12 heavy (non-hydrogen) atoms. The highest BCUT2D eigenvalue weighted by Crippen LogP contribution is 2.23. The van der Waals surface area contributed by atoms with Crippen LogP contribution < -0.4 is 0 Å². The van der Waals surface area contributed by atoms with Crippen molar-refractivity contribution in [3.8, 4) is 6.07 Å². The highest BCUT2D eigenvalue weighted by Gasteiger charge is 2.10. The fraction of sp³-hybridized carbons (Fsp3) is 0.500. The van der Waals surface area contributed by atoms with Crippen molar-refractivity contribution in [1.82, 2.24) is 9.78 Å². The van der Waals surface area contributed by atoms with E-state index >= 15 is 0 Å². The SMILES string of the molecule is CC(C)c1cnn(CC#N)c1Cl. The Balaban J connectivity index is 2.98. The van der Waals surface area contributed by atoms with Crippen molar-refractivity contribution in [1.29, 1.82) is 5.26 Å². The molecule has 0 N–H and O–H groups in total. The Bertz CT molecular complexity index is 309. The third-order valence-electron chi connectivity index (χ3n) is 1.64. The Morgan fingerprint density at radius 2 is 2.42 bits per heavy atom. The van der Waals surface area contributed by atoms with Crippen LogP contribution >= 0.6 is 11.6 Å². The van der Waals surface area contributed by atoms with Gasteiger partial charge in [-0.05, 0) is 5.92 Å². The van der Waals surface area contributed by atoms with Crippen LogP contribution in [0.5, 0.6) is 0 Å². The summed E-state index contributed by atoms with van der Waals surface area (Å²) in [4.78, 5) is 0. The summed E-state index contributed by atoms with van der Waals surface area (Å²) < 4.78 is 1.50. The van der Waals surface area contributed by atoms with E-state index in [2.05, 4.69) is 5.10 Å². The fourth-order valence-electron chi connectivity index (χ4n) is 0.949. The first-order valence-electron chi connectivity index (χ1n) is 3.75. The first kappa shape index (κ1) is 9.08. The van der Waals surface area contributed by atoms with Crippen LogP contribution in [-0.2, 0) is 6.54 Å². The summed E-state index contributed by atoms with van der Waals surface area (Å²) in [5.74, 6) is 0.352. The monoisotopic (exact) mass is 183 g/mol. The van der Waals surface area contributed by atoms with Gasteiger partial charge in [-0.25, -0.2) is 4.68 Å². The van der Waals surface area contributed by atoms with Gasteiger partial charge in [0.1, 0.15) is 11.7 Å². The van der Waals surface area contributed by atoms with Crippen LogP contribution in [-0.4, -0.2) is 9.78 Å². The highest BCUT2D eigenvalue weighted by atomic mass is 35.5. The molecule has 0 aliphatic heterocycles. The smallest absolute Gasteiger partial charge is 0.131 e. The van der Waals surface area contributed by atoms with Crippen LogP contribution in [0.3, 0.4) is 0 Å². The lowest BCUT2D eigenvalue weighted by Gasteiger charge is -2.01. The van der Waals surface area contributed by atoms with Gasteiger partial charge in [0, 0.05) is 5.56 Å². The zero-order valence-electron chi connectivity index (χ0n) is 7.08. The topological polar surface area (TPSA) is 41.6 Å². The third kappa shape index (κ3) is 1.59. The number of hydrogen-bond donors (Lipinski definition) is 0. The van der Waals surface area contributed by atoms with Gasteiger partial charge in [0.05, 0.1) is 12.3 Å². The largest absolute Gasteiger partial charge is 0.240 e. The zero-order valence-corrected chi connectivity index (χ0v) is 7.84. The number of halogens is 1. The first-order chi connectivity index (χ1) is 5.66. The van der Waals surface area contributed by atoms with Crippen molar-refractivity contribution in [2.45, 2.75) is 26.3 Å². The summed E-state index contributed by atoms with van der Waals surface area (Å²) in [6.07, 6.45) is 1.71. The molecule has 1 rings (SSSR count). The minimum absolute atomic E-state index is 0.214. The summed E-state index contributed by atoms with van der Waals surface area (Å²) in [5, 5.41) is 13.0. The molecule has 0 bridgehead atoms. The zero-order chi connectivity index (χ0) is 9.14. The molecule has 64 valence electrons. The molecule has 0 unspecified atom stereocenters. The maximum atomic E-state index is 8.42. The molecule has 0 aliphatic carbocycles. The standard InChI is InChI=1S/C8H10ClN3/c1-6(2)7-5-11-12(4-3-10)8(7)9/h5-6H,4H2,1-2H3. The molecule has 3 nitrogen and oxygen atoms in total. The summed E-state index contributed by atoms with van der Waals surface area (Å²) in [7, 11) is 0. The van der Waals surface area contributed by atoms with Gasteiger partial charge >= 0.3 is 0 Å². The molecule has 1 aromatic heterocycles. The van der Waals surface area contributed by atoms with Crippen LogP contribution in [0, 0.1) is 11.3 Å². The molecule has 1 aromatic rings. The minimum Gasteiger partial charge on any atom is -0.240 e. The van der Waals surface area contributed by atoms with Crippen molar-refractivity contribution in [3.63, 3.8) is 0 Å². The molecular formula is C8H10ClN3. The number of rotatable bonds is 2. The summed E-state index contributed by atoms with van der Waals surface area (Å²) in [6.45, 7) is 4.30. The quantitative estimate of drug-likeness (QED) is 0.705. The van der Waals surface area contributed by atoms with Gasteiger partial charge in [0.2, 0.25) is 0 Å². The van der Waals surface area contributed by atoms with Crippen LogP contribution in [0.25, 0.3) is 0 Å². The average molecular weight is 184 g/mol. The van der Waals surface area contributed by atoms with E-state index in [9.17, 15) is 0 Å². The lowest BCUT2D eigenvalue weighted by atomic mass is 10.1. The first-order valence-corrected chi connectivity index (χ1v) is 4.12. The van der Waals surface area contributed by atoms with Crippen molar-refractivity contribution in [2.24, 2.45) is 0 Å². The number of nitrogens with zero attached hydrogens (tertiary/aromatic N) is 3. The molecule has 4 heteroatoms. The number of aromatic nitrogens is 2. The lowest BCUT2D eigenvalue weighted by molar-refractivity contribution is 0.709. The predicted octanol–water partition coefficient (Wildman–Crippen LogP) is 2.18. The van der Waals surface area contributed by atoms with E-state index in [4.69, 9.17) is 16.9 Å². The van der Waals surface area contributed by atoms with Crippen LogP contribution in [0.2, 0.25) is 5.15 Å². The van der Waals surface area contributed by atoms with E-state index in [0.29, 0.717) is 11.1 Å². The molecule has 0 saturated heterocycles. The van der Waals surface area contributed by atoms with Crippen molar-refractivity contribution < 1.29 is 0 Å². The molecule has 0 saturated carbocycles. The van der Waals surface area contributed by atoms with Gasteiger partial charge in [-0.2, -0.15) is 10.4 Å². The minimum atomic E-state index is 0.214. The maximum absolute atomic E-state index is 8.42. The molecule has 0 radical (unpaired) electrons. The van der Waals surface area contributed by atoms with E-state index in [1.165, 1.54) is 4.68 Å². The Kier molecular flexibility index (Phi) is 2.72. The van der Waals surface area contributed by atoms with Gasteiger partial charge in [-0.3, -0.25) is 0 Å². The summed E-state index contributed by atoms with van der Waals surface area (Å²) >= 11 is 5.95. The Morgan fingerprint density at radius 3 is 2.83 bits per heavy atom. The van der Waals surface area contributed by atoms with E-state index in [0.717, 1.165) is 5.56 Å². The molecule has 0 spiro atoms. The van der Waals surface area contributed by atoms with Crippen LogP contribution in [0.15, 0.2) is 6.20 Å². The lowest BCUT2D eigenvalue weighted by Crippen LogP contribution is -1.97. The fourth-order valence-corrected chi connectivity index (χ4v) is 1.32. The van der Waals surface area contributed by atoms with Gasteiger partial charge in [0.25, 0.3) is 0 Å². The second-order valence-corrected chi connectivity index (χ2v) is 3.22. The van der Waals surface area contributed by atoms with Gasteiger partial charge in [0.15, 0.2) is 0 Å². The van der Waals surface area contributed by atoms with E-state index in [1.807, 2.05) is 19.9 Å². The molecule has 0 fully saturated rings. The van der Waals surface area contributed by atoms with Crippen molar-refractivity contribution >= 4 is 11.6 Å². The highest BCUT2D eigenvalue weighted by molar-refractivity contribution is 6.30. The van der Waals surface area contributed by atoms with Crippen LogP contribution in [0.1, 0.15) is 25.3 Å². The molecule has 0 atom stereocenters. The Labute approximate surface area is 76.6 Å². The normalized spacial score (nSPS) is 10.2. The number of nitriles is 1. The van der Waals surface area contributed by atoms with Gasteiger partial charge in [-0.15, -0.1) is 0 Å². The third-order valence-corrected chi connectivity index (χ3v) is 2.06. The molecule has 0 aliphatic rings. The predicted molar refractivity (Wildman–Crippen MR) is 46.9 cm³/mol. The Morgan fingerprint density at radius 1 is 1.75 bits per heavy atom. The van der Waals surface area contributed by atoms with Crippen LogP contribution in [0.4, 0.5) is 0 Å². The summed E-state index contributed by atoms with van der Waals surface area (Å²) in [6, 6.07) is 1.99. The molecule has 0 aromatic carbocycles. The number of hydrogen-bond acceptors (Lipinski definition) is 2. The summed E-state index contributed by atoms with van der Waals surface area (Å²) in [5.41, 5.74) is 0.993. The maximum Gasteiger partial charge on any atom is 0.131 e. The van der Waals surface area contributed by atoms with E-state index in [1.54, 1.807) is 6.20 Å². The van der Waals surface area contributed by atoms with Gasteiger partial charge < -0.3 is 0 Å². The van der Waals surface area contributed by atoms with Gasteiger partial charge in [-0.1, -0.05) is 25.4 Å². The average Bonchev–Trinajstić information content (AvgIpc) is 2.34. The second kappa shape index (κ2) is 3.59. The van der Waals surface area contributed by atoms with E-state index < -0.39 is 0 Å². The molecular weight excluding hydrogens is 174 g/mol. The second-order valence-electron chi connectivity index (χ2n) is 2.86. The van der Waals surface area contributed by atoms with Crippen molar-refractivity contribution in [3.05, 3.63) is 16.9 Å².